The second-order valence-corrected chi connectivity index (χ2v) is 12.3. The standard InChI is InChI=1S/C16H23F9O4S2/c1-2-3-5-8-12(26)11-30(9-6-4-7-10-30)29-31(27,28)16(24,25)14(19,20)13(17,18)15(21,22)23/h2-11H2,1H3. The normalized spacial score (nSPS) is 19.8. The Morgan fingerprint density at radius 1 is 0.871 bits per heavy atom. The number of alkyl halides is 9. The zero-order valence-corrected chi connectivity index (χ0v) is 18.1. The molecule has 1 rings (SSSR count). The van der Waals surface area contributed by atoms with Crippen LogP contribution >= 0.6 is 10.3 Å². The van der Waals surface area contributed by atoms with Crippen LogP contribution in [0.5, 0.6) is 0 Å². The van der Waals surface area contributed by atoms with Gasteiger partial charge in [0.2, 0.25) is 0 Å². The van der Waals surface area contributed by atoms with Crippen molar-refractivity contribution in [3.63, 3.8) is 0 Å². The predicted molar refractivity (Wildman–Crippen MR) is 96.1 cm³/mol. The van der Waals surface area contributed by atoms with E-state index in [1.165, 1.54) is 0 Å². The smallest absolute Gasteiger partial charge is 0.299 e. The number of ketones is 1. The van der Waals surface area contributed by atoms with Crippen molar-refractivity contribution in [1.82, 2.24) is 0 Å². The molecule has 15 heteroatoms. The van der Waals surface area contributed by atoms with Gasteiger partial charge >= 0.3 is 33.4 Å². The van der Waals surface area contributed by atoms with Crippen molar-refractivity contribution in [1.29, 1.82) is 0 Å². The summed E-state index contributed by atoms with van der Waals surface area (Å²) in [5.74, 6) is -16.5. The number of Topliss-reactive ketones (excluding diaryl/α,β-unsaturated/α-hetero) is 1. The van der Waals surface area contributed by atoms with Crippen molar-refractivity contribution in [2.75, 3.05) is 17.3 Å². The minimum Gasteiger partial charge on any atom is -0.299 e. The summed E-state index contributed by atoms with van der Waals surface area (Å²) >= 11 is 0. The van der Waals surface area contributed by atoms with Gasteiger partial charge in [-0.1, -0.05) is 26.2 Å². The highest BCUT2D eigenvalue weighted by Gasteiger charge is 2.86. The maximum absolute atomic E-state index is 14.0. The van der Waals surface area contributed by atoms with Crippen LogP contribution in [-0.2, 0) is 18.5 Å². The van der Waals surface area contributed by atoms with Crippen LogP contribution < -0.4 is 0 Å². The fourth-order valence-electron chi connectivity index (χ4n) is 2.93. The largest absolute Gasteiger partial charge is 0.460 e. The van der Waals surface area contributed by atoms with Crippen LogP contribution in [0.3, 0.4) is 0 Å². The Balaban J connectivity index is 3.25. The molecule has 0 atom stereocenters. The van der Waals surface area contributed by atoms with Crippen molar-refractivity contribution >= 4 is 26.2 Å². The highest BCUT2D eigenvalue weighted by Crippen LogP contribution is 2.60. The van der Waals surface area contributed by atoms with E-state index in [9.17, 15) is 52.7 Å². The monoisotopic (exact) mass is 514 g/mol. The van der Waals surface area contributed by atoms with Gasteiger partial charge in [0.15, 0.2) is 0 Å². The van der Waals surface area contributed by atoms with Crippen LogP contribution in [0.4, 0.5) is 39.5 Å². The molecule has 1 fully saturated rings. The van der Waals surface area contributed by atoms with Gasteiger partial charge < -0.3 is 0 Å². The van der Waals surface area contributed by atoms with Gasteiger partial charge in [-0.05, 0) is 19.3 Å². The summed E-state index contributed by atoms with van der Waals surface area (Å²) in [5.41, 5.74) is 0. The molecule has 186 valence electrons. The average Bonchev–Trinajstić information content (AvgIpc) is 2.60. The SMILES string of the molecule is CCCCCC(=O)CS1(OS(=O)(=O)C(F)(F)C(F)(F)C(F)(F)C(F)(F)F)CCCCC1. The topological polar surface area (TPSA) is 60.4 Å². The summed E-state index contributed by atoms with van der Waals surface area (Å²) in [6.45, 7) is 1.83. The molecule has 0 aromatic rings. The summed E-state index contributed by atoms with van der Waals surface area (Å²) in [7, 11) is -10.3. The number of hydrogen-bond acceptors (Lipinski definition) is 4. The summed E-state index contributed by atoms with van der Waals surface area (Å²) < 4.78 is 146. The Bertz CT molecular complexity index is 730. The van der Waals surface area contributed by atoms with Crippen LogP contribution in [0.15, 0.2) is 0 Å². The third-order valence-electron chi connectivity index (χ3n) is 4.68. The molecule has 1 aliphatic heterocycles. The van der Waals surface area contributed by atoms with Gasteiger partial charge in [-0.2, -0.15) is 47.9 Å². The van der Waals surface area contributed by atoms with Gasteiger partial charge in [-0.15, -0.1) is 10.3 Å². The van der Waals surface area contributed by atoms with Gasteiger partial charge in [-0.25, -0.2) is 3.63 Å². The Morgan fingerprint density at radius 3 is 1.84 bits per heavy atom. The Morgan fingerprint density at radius 2 is 1.39 bits per heavy atom. The first-order valence-corrected chi connectivity index (χ1v) is 12.8. The first-order chi connectivity index (χ1) is 13.9. The van der Waals surface area contributed by atoms with Crippen molar-refractivity contribution in [2.45, 2.75) is 75.1 Å². The number of carbonyl (C=O) groups excluding carboxylic acids is 1. The molecule has 0 radical (unpaired) electrons. The molecule has 0 aromatic heterocycles. The quantitative estimate of drug-likeness (QED) is 0.258. The first-order valence-electron chi connectivity index (χ1n) is 9.31. The van der Waals surface area contributed by atoms with Gasteiger partial charge in [0.05, 0.1) is 5.75 Å². The third-order valence-corrected chi connectivity index (χ3v) is 10.3. The molecule has 31 heavy (non-hydrogen) atoms. The number of hydrogen-bond donors (Lipinski definition) is 0. The maximum atomic E-state index is 14.0. The van der Waals surface area contributed by atoms with E-state index in [1.807, 2.05) is 6.92 Å². The fourth-order valence-corrected chi connectivity index (χ4v) is 8.66. The highest BCUT2D eigenvalue weighted by atomic mass is 32.3. The van der Waals surface area contributed by atoms with Crippen LogP contribution in [0.1, 0.15) is 51.9 Å². The second-order valence-electron chi connectivity index (χ2n) is 7.26. The summed E-state index contributed by atoms with van der Waals surface area (Å²) in [5, 5.41) is -6.90. The lowest BCUT2D eigenvalue weighted by molar-refractivity contribution is -0.382. The van der Waals surface area contributed by atoms with E-state index in [-0.39, 0.29) is 30.8 Å². The van der Waals surface area contributed by atoms with Gasteiger partial charge in [0.25, 0.3) is 0 Å². The average molecular weight is 514 g/mol. The Hall–Kier alpha value is -0.700. The summed E-state index contributed by atoms with van der Waals surface area (Å²) in [6, 6.07) is 0. The molecule has 0 aliphatic carbocycles. The molecule has 0 spiro atoms. The number of rotatable bonds is 11. The molecule has 1 heterocycles. The van der Waals surface area contributed by atoms with Crippen LogP contribution in [0.2, 0.25) is 0 Å². The maximum Gasteiger partial charge on any atom is 0.460 e. The van der Waals surface area contributed by atoms with E-state index in [0.29, 0.717) is 19.3 Å². The van der Waals surface area contributed by atoms with Crippen LogP contribution in [0.25, 0.3) is 0 Å². The molecular weight excluding hydrogens is 491 g/mol. The molecule has 0 N–H and O–H groups in total. The molecule has 0 bridgehead atoms. The molecule has 0 unspecified atom stereocenters. The molecule has 1 saturated heterocycles. The zero-order valence-electron chi connectivity index (χ0n) is 16.4. The van der Waals surface area contributed by atoms with Crippen molar-refractivity contribution < 1.29 is 56.4 Å². The number of halogens is 9. The third kappa shape index (κ3) is 5.81. The van der Waals surface area contributed by atoms with E-state index in [1.54, 1.807) is 0 Å². The molecule has 4 nitrogen and oxygen atoms in total. The first kappa shape index (κ1) is 28.3. The zero-order chi connectivity index (χ0) is 24.4. The van der Waals surface area contributed by atoms with Crippen LogP contribution in [0, 0.1) is 0 Å². The lowest BCUT2D eigenvalue weighted by Crippen LogP contribution is -2.63. The van der Waals surface area contributed by atoms with E-state index >= 15 is 0 Å². The van der Waals surface area contributed by atoms with Crippen molar-refractivity contribution in [3.05, 3.63) is 0 Å². The summed E-state index contributed by atoms with van der Waals surface area (Å²) in [4.78, 5) is 12.2. The minimum atomic E-state index is -7.36. The molecule has 1 aliphatic rings. The Kier molecular flexibility index (Phi) is 8.82. The number of carbonyl (C=O) groups is 1. The van der Waals surface area contributed by atoms with E-state index in [2.05, 4.69) is 3.63 Å². The Labute approximate surface area is 175 Å². The lowest BCUT2D eigenvalue weighted by Gasteiger charge is -2.42. The molecule has 0 saturated carbocycles. The second kappa shape index (κ2) is 9.65. The molecule has 0 aromatic carbocycles. The number of unbranched alkanes of at least 4 members (excludes halogenated alkanes) is 2. The van der Waals surface area contributed by atoms with Crippen molar-refractivity contribution in [2.24, 2.45) is 0 Å². The summed E-state index contributed by atoms with van der Waals surface area (Å²) in [6.07, 6.45) is -4.61. The molecule has 0 amide bonds. The minimum absolute atomic E-state index is 0.0648. The van der Waals surface area contributed by atoms with E-state index < -0.39 is 55.2 Å². The van der Waals surface area contributed by atoms with Gasteiger partial charge in [0, 0.05) is 17.9 Å². The van der Waals surface area contributed by atoms with Crippen LogP contribution in [-0.4, -0.2) is 54.7 Å². The fraction of sp³-hybridized carbons (Fsp3) is 0.938. The molecular formula is C16H23F9O4S2. The van der Waals surface area contributed by atoms with Gasteiger partial charge in [0.1, 0.15) is 5.78 Å². The van der Waals surface area contributed by atoms with Gasteiger partial charge in [-0.3, -0.25) is 4.79 Å². The van der Waals surface area contributed by atoms with Crippen molar-refractivity contribution in [3.8, 4) is 0 Å². The predicted octanol–water partition coefficient (Wildman–Crippen LogP) is 5.81. The van der Waals surface area contributed by atoms with E-state index in [4.69, 9.17) is 0 Å². The highest BCUT2D eigenvalue weighted by molar-refractivity contribution is 8.33. The lowest BCUT2D eigenvalue weighted by atomic mass is 10.1. The van der Waals surface area contributed by atoms with E-state index in [0.717, 1.165) is 6.42 Å².